The van der Waals surface area contributed by atoms with Gasteiger partial charge in [-0.3, -0.25) is 0 Å². The maximum Gasteiger partial charge on any atom is 0.209 e. The maximum absolute atomic E-state index is 5.59. The summed E-state index contributed by atoms with van der Waals surface area (Å²) in [6.07, 6.45) is 2.02. The summed E-state index contributed by atoms with van der Waals surface area (Å²) < 4.78 is 4.36. The van der Waals surface area contributed by atoms with Gasteiger partial charge in [0.2, 0.25) is 5.13 Å². The fourth-order valence-electron chi connectivity index (χ4n) is 1.67. The summed E-state index contributed by atoms with van der Waals surface area (Å²) in [6.45, 7) is 2.71. The first-order chi connectivity index (χ1) is 8.74. The number of nitrogens with two attached hydrogens (primary N) is 1. The molecule has 0 saturated heterocycles. The second kappa shape index (κ2) is 5.93. The average molecular weight is 262 g/mol. The van der Waals surface area contributed by atoms with Crippen molar-refractivity contribution in [1.82, 2.24) is 9.36 Å². The Hall–Kier alpha value is -1.46. The molecule has 0 spiro atoms. The molecule has 1 aromatic heterocycles. The first-order valence-corrected chi connectivity index (χ1v) is 6.87. The van der Waals surface area contributed by atoms with Gasteiger partial charge in [0, 0.05) is 37.2 Å². The highest BCUT2D eigenvalue weighted by molar-refractivity contribution is 7.09. The minimum absolute atomic E-state index is 0.573. The van der Waals surface area contributed by atoms with Gasteiger partial charge in [0.05, 0.1) is 0 Å². The Kier molecular flexibility index (Phi) is 4.28. The Morgan fingerprint density at radius 1 is 1.28 bits per heavy atom. The van der Waals surface area contributed by atoms with Crippen molar-refractivity contribution >= 4 is 22.4 Å². The fourth-order valence-corrected chi connectivity index (χ4v) is 2.37. The number of hydrogen-bond donors (Lipinski definition) is 1. The van der Waals surface area contributed by atoms with E-state index in [0.29, 0.717) is 6.54 Å². The van der Waals surface area contributed by atoms with Gasteiger partial charge in [0.25, 0.3) is 0 Å². The lowest BCUT2D eigenvalue weighted by Crippen LogP contribution is -2.09. The van der Waals surface area contributed by atoms with Crippen LogP contribution in [0.4, 0.5) is 10.8 Å². The molecule has 0 aliphatic carbocycles. The van der Waals surface area contributed by atoms with Crippen LogP contribution < -0.4 is 10.6 Å². The summed E-state index contributed by atoms with van der Waals surface area (Å²) in [4.78, 5) is 6.58. The SMILES string of the molecule is CCCc1nsc(N(C)c2ccc(CN)cc2)n1. The Labute approximate surface area is 112 Å². The molecule has 96 valence electrons. The molecule has 0 atom stereocenters. The van der Waals surface area contributed by atoms with Gasteiger partial charge in [0.1, 0.15) is 5.82 Å². The molecule has 0 unspecified atom stereocenters. The van der Waals surface area contributed by atoms with Crippen molar-refractivity contribution < 1.29 is 0 Å². The summed E-state index contributed by atoms with van der Waals surface area (Å²) in [5, 5.41) is 0.930. The van der Waals surface area contributed by atoms with E-state index in [-0.39, 0.29) is 0 Å². The predicted molar refractivity (Wildman–Crippen MR) is 76.3 cm³/mol. The first-order valence-electron chi connectivity index (χ1n) is 6.10. The lowest BCUT2D eigenvalue weighted by atomic mass is 10.2. The lowest BCUT2D eigenvalue weighted by molar-refractivity contribution is 0.859. The highest BCUT2D eigenvalue weighted by Crippen LogP contribution is 2.25. The van der Waals surface area contributed by atoms with E-state index in [9.17, 15) is 0 Å². The van der Waals surface area contributed by atoms with Crippen LogP contribution in [0.2, 0.25) is 0 Å². The van der Waals surface area contributed by atoms with E-state index in [0.717, 1.165) is 35.0 Å². The van der Waals surface area contributed by atoms with Gasteiger partial charge >= 0.3 is 0 Å². The van der Waals surface area contributed by atoms with Gasteiger partial charge in [-0.15, -0.1) is 0 Å². The molecule has 0 amide bonds. The largest absolute Gasteiger partial charge is 0.326 e. The molecule has 1 heterocycles. The number of rotatable bonds is 5. The van der Waals surface area contributed by atoms with Gasteiger partial charge in [-0.05, 0) is 24.1 Å². The molecule has 5 heteroatoms. The first kappa shape index (κ1) is 13.0. The number of anilines is 2. The van der Waals surface area contributed by atoms with Crippen molar-refractivity contribution in [1.29, 1.82) is 0 Å². The molecule has 0 bridgehead atoms. The number of nitrogens with zero attached hydrogens (tertiary/aromatic N) is 3. The molecule has 0 aliphatic rings. The van der Waals surface area contributed by atoms with Crippen molar-refractivity contribution in [2.24, 2.45) is 5.73 Å². The van der Waals surface area contributed by atoms with Crippen LogP contribution in [-0.4, -0.2) is 16.4 Å². The highest BCUT2D eigenvalue weighted by Gasteiger charge is 2.09. The van der Waals surface area contributed by atoms with Crippen LogP contribution in [0.25, 0.3) is 0 Å². The molecule has 1 aromatic carbocycles. The minimum atomic E-state index is 0.573. The van der Waals surface area contributed by atoms with Crippen LogP contribution in [0, 0.1) is 0 Å². The maximum atomic E-state index is 5.59. The monoisotopic (exact) mass is 262 g/mol. The summed E-state index contributed by atoms with van der Waals surface area (Å²) in [7, 11) is 2.01. The van der Waals surface area contributed by atoms with Gasteiger partial charge in [0.15, 0.2) is 0 Å². The fraction of sp³-hybridized carbons (Fsp3) is 0.385. The summed E-state index contributed by atoms with van der Waals surface area (Å²) in [5.41, 5.74) is 7.83. The Bertz CT molecular complexity index is 492. The zero-order valence-electron chi connectivity index (χ0n) is 10.8. The molecule has 2 rings (SSSR count). The average Bonchev–Trinajstić information content (AvgIpc) is 2.87. The third kappa shape index (κ3) is 2.86. The standard InChI is InChI=1S/C13H18N4S/c1-3-4-12-15-13(18-16-12)17(2)11-7-5-10(9-14)6-8-11/h5-8H,3-4,9,14H2,1-2H3. The Morgan fingerprint density at radius 2 is 2.00 bits per heavy atom. The normalized spacial score (nSPS) is 10.6. The number of aromatic nitrogens is 2. The second-order valence-electron chi connectivity index (χ2n) is 4.17. The van der Waals surface area contributed by atoms with E-state index in [1.165, 1.54) is 11.5 Å². The predicted octanol–water partition coefficient (Wildman–Crippen LogP) is 2.72. The van der Waals surface area contributed by atoms with Gasteiger partial charge in [-0.1, -0.05) is 19.1 Å². The zero-order valence-corrected chi connectivity index (χ0v) is 11.6. The molecule has 0 radical (unpaired) electrons. The molecule has 4 nitrogen and oxygen atoms in total. The zero-order chi connectivity index (χ0) is 13.0. The van der Waals surface area contributed by atoms with Crippen LogP contribution in [0.1, 0.15) is 24.7 Å². The van der Waals surface area contributed by atoms with Gasteiger partial charge in [-0.25, -0.2) is 4.98 Å². The van der Waals surface area contributed by atoms with E-state index in [2.05, 4.69) is 33.3 Å². The molecular formula is C13H18N4S. The van der Waals surface area contributed by atoms with Crippen molar-refractivity contribution in [2.75, 3.05) is 11.9 Å². The van der Waals surface area contributed by atoms with Crippen molar-refractivity contribution in [3.8, 4) is 0 Å². The highest BCUT2D eigenvalue weighted by atomic mass is 32.1. The molecule has 0 saturated carbocycles. The van der Waals surface area contributed by atoms with E-state index in [1.54, 1.807) is 0 Å². The Balaban J connectivity index is 2.15. The molecule has 2 N–H and O–H groups in total. The third-order valence-electron chi connectivity index (χ3n) is 2.78. The van der Waals surface area contributed by atoms with Crippen molar-refractivity contribution in [2.45, 2.75) is 26.3 Å². The van der Waals surface area contributed by atoms with E-state index < -0.39 is 0 Å². The molecule has 2 aromatic rings. The number of benzene rings is 1. The van der Waals surface area contributed by atoms with Crippen LogP contribution in [0.3, 0.4) is 0 Å². The summed E-state index contributed by atoms with van der Waals surface area (Å²) in [5.74, 6) is 0.933. The number of hydrogen-bond acceptors (Lipinski definition) is 5. The quantitative estimate of drug-likeness (QED) is 0.900. The lowest BCUT2D eigenvalue weighted by Gasteiger charge is -2.15. The third-order valence-corrected chi connectivity index (χ3v) is 3.61. The molecule has 0 fully saturated rings. The Morgan fingerprint density at radius 3 is 2.61 bits per heavy atom. The van der Waals surface area contributed by atoms with Crippen LogP contribution in [0.15, 0.2) is 24.3 Å². The molecule has 0 aliphatic heterocycles. The summed E-state index contributed by atoms with van der Waals surface area (Å²) in [6, 6.07) is 8.20. The summed E-state index contributed by atoms with van der Waals surface area (Å²) >= 11 is 1.44. The molecular weight excluding hydrogens is 244 g/mol. The smallest absolute Gasteiger partial charge is 0.209 e. The van der Waals surface area contributed by atoms with E-state index in [4.69, 9.17) is 5.73 Å². The van der Waals surface area contributed by atoms with E-state index in [1.807, 2.05) is 19.2 Å². The molecule has 18 heavy (non-hydrogen) atoms. The van der Waals surface area contributed by atoms with Crippen LogP contribution in [-0.2, 0) is 13.0 Å². The minimum Gasteiger partial charge on any atom is -0.326 e. The van der Waals surface area contributed by atoms with Crippen molar-refractivity contribution in [3.05, 3.63) is 35.7 Å². The topological polar surface area (TPSA) is 55.0 Å². The number of aryl methyl sites for hydroxylation is 1. The van der Waals surface area contributed by atoms with E-state index >= 15 is 0 Å². The van der Waals surface area contributed by atoms with Gasteiger partial charge < -0.3 is 10.6 Å². The van der Waals surface area contributed by atoms with Crippen molar-refractivity contribution in [3.63, 3.8) is 0 Å². The second-order valence-corrected chi connectivity index (χ2v) is 4.90. The van der Waals surface area contributed by atoms with Crippen LogP contribution in [0.5, 0.6) is 0 Å². The van der Waals surface area contributed by atoms with Gasteiger partial charge in [-0.2, -0.15) is 4.37 Å². The van der Waals surface area contributed by atoms with Crippen LogP contribution >= 0.6 is 11.5 Å².